The van der Waals surface area contributed by atoms with Crippen LogP contribution in [-0.2, 0) is 19.6 Å². The van der Waals surface area contributed by atoms with Crippen molar-refractivity contribution >= 4 is 33.2 Å². The van der Waals surface area contributed by atoms with Crippen LogP contribution in [0, 0.1) is 0 Å². The van der Waals surface area contributed by atoms with Crippen LogP contribution < -0.4 is 10.6 Å². The number of carbonyl (C=O) groups is 2. The van der Waals surface area contributed by atoms with Crippen molar-refractivity contribution in [2.75, 3.05) is 32.5 Å². The van der Waals surface area contributed by atoms with Crippen molar-refractivity contribution in [3.8, 4) is 0 Å². The highest BCUT2D eigenvalue weighted by molar-refractivity contribution is 7.88. The molecule has 1 saturated heterocycles. The third kappa shape index (κ3) is 5.50. The fourth-order valence-electron chi connectivity index (χ4n) is 2.35. The lowest BCUT2D eigenvalue weighted by molar-refractivity contribution is -0.127. The zero-order valence-electron chi connectivity index (χ0n) is 14.4. The number of hydrogen-bond donors (Lipinski definition) is 2. The van der Waals surface area contributed by atoms with E-state index < -0.39 is 21.7 Å². The Bertz CT molecular complexity index is 716. The van der Waals surface area contributed by atoms with Crippen molar-refractivity contribution in [3.63, 3.8) is 0 Å². The third-order valence-corrected chi connectivity index (χ3v) is 5.94. The number of morpholine rings is 1. The number of nitrogens with zero attached hydrogens (tertiary/aromatic N) is 1. The van der Waals surface area contributed by atoms with E-state index in [2.05, 4.69) is 10.6 Å². The van der Waals surface area contributed by atoms with Gasteiger partial charge in [0.15, 0.2) is 0 Å². The van der Waals surface area contributed by atoms with E-state index in [9.17, 15) is 18.0 Å². The Hall–Kier alpha value is -1.49. The van der Waals surface area contributed by atoms with Crippen molar-refractivity contribution in [3.05, 3.63) is 22.4 Å². The first-order valence-electron chi connectivity index (χ1n) is 7.80. The number of nitrogens with one attached hydrogen (secondary N) is 2. The minimum atomic E-state index is -3.28. The van der Waals surface area contributed by atoms with E-state index in [-0.39, 0.29) is 31.5 Å². The van der Waals surface area contributed by atoms with Gasteiger partial charge in [-0.3, -0.25) is 9.59 Å². The normalized spacial score (nSPS) is 19.4. The van der Waals surface area contributed by atoms with Crippen LogP contribution in [-0.4, -0.2) is 68.7 Å². The minimum absolute atomic E-state index is 0.170. The fourth-order valence-corrected chi connectivity index (χ4v) is 3.82. The maximum absolute atomic E-state index is 12.4. The van der Waals surface area contributed by atoms with E-state index in [1.807, 2.05) is 0 Å². The Morgan fingerprint density at radius 3 is 2.76 bits per heavy atom. The first-order chi connectivity index (χ1) is 11.6. The van der Waals surface area contributed by atoms with Crippen molar-refractivity contribution in [2.24, 2.45) is 0 Å². The fraction of sp³-hybridized carbons (Fsp3) is 0.600. The van der Waals surface area contributed by atoms with Gasteiger partial charge in [0.2, 0.25) is 15.9 Å². The van der Waals surface area contributed by atoms with E-state index in [0.29, 0.717) is 11.4 Å². The summed E-state index contributed by atoms with van der Waals surface area (Å²) in [5, 5.41) is 7.20. The van der Waals surface area contributed by atoms with E-state index in [1.165, 1.54) is 15.6 Å². The van der Waals surface area contributed by atoms with E-state index in [0.717, 1.165) is 6.26 Å². The van der Waals surface area contributed by atoms with Gasteiger partial charge < -0.3 is 15.4 Å². The van der Waals surface area contributed by atoms with Gasteiger partial charge in [-0.2, -0.15) is 4.31 Å². The molecule has 0 aliphatic carbocycles. The molecule has 0 bridgehead atoms. The Morgan fingerprint density at radius 2 is 2.16 bits per heavy atom. The molecule has 25 heavy (non-hydrogen) atoms. The molecule has 0 aromatic carbocycles. The molecule has 0 saturated carbocycles. The van der Waals surface area contributed by atoms with Crippen LogP contribution in [0.2, 0.25) is 0 Å². The maximum Gasteiger partial charge on any atom is 0.262 e. The molecule has 0 unspecified atom stereocenters. The molecule has 2 heterocycles. The predicted octanol–water partition coefficient (Wildman–Crippen LogP) is 0.0331. The summed E-state index contributed by atoms with van der Waals surface area (Å²) < 4.78 is 30.0. The molecule has 8 nitrogen and oxygen atoms in total. The SMILES string of the molecule is CC(C)(NC(=O)c1cccs1)C(=O)NC[C@H]1CN(S(C)(=O)=O)CCO1. The second-order valence-corrected chi connectivity index (χ2v) is 9.31. The second-order valence-electron chi connectivity index (χ2n) is 6.38. The average Bonchev–Trinajstić information content (AvgIpc) is 3.06. The highest BCUT2D eigenvalue weighted by atomic mass is 32.2. The number of amides is 2. The van der Waals surface area contributed by atoms with Gasteiger partial charge in [0.1, 0.15) is 5.54 Å². The van der Waals surface area contributed by atoms with Crippen LogP contribution in [0.25, 0.3) is 0 Å². The molecule has 1 aromatic rings. The number of sulfonamides is 1. The Labute approximate surface area is 151 Å². The van der Waals surface area contributed by atoms with E-state index in [1.54, 1.807) is 31.4 Å². The van der Waals surface area contributed by atoms with Crippen LogP contribution in [0.15, 0.2) is 17.5 Å². The number of thiophene rings is 1. The first-order valence-corrected chi connectivity index (χ1v) is 10.5. The summed E-state index contributed by atoms with van der Waals surface area (Å²) in [5.41, 5.74) is -1.10. The standard InChI is InChI=1S/C15H23N3O5S2/c1-15(2,17-13(19)12-5-4-8-24-12)14(20)16-9-11-10-18(6-7-23-11)25(3,21)22/h4-5,8,11H,6-7,9-10H2,1-3H3,(H,16,20)(H,17,19)/t11-/m0/s1. The summed E-state index contributed by atoms with van der Waals surface area (Å²) in [6.45, 7) is 4.18. The van der Waals surface area contributed by atoms with Gasteiger partial charge in [-0.15, -0.1) is 11.3 Å². The largest absolute Gasteiger partial charge is 0.374 e. The van der Waals surface area contributed by atoms with Gasteiger partial charge in [-0.05, 0) is 25.3 Å². The smallest absolute Gasteiger partial charge is 0.262 e. The molecule has 0 spiro atoms. The lowest BCUT2D eigenvalue weighted by Gasteiger charge is -2.32. The van der Waals surface area contributed by atoms with Crippen LogP contribution in [0.1, 0.15) is 23.5 Å². The summed E-state index contributed by atoms with van der Waals surface area (Å²) in [6, 6.07) is 3.45. The van der Waals surface area contributed by atoms with Gasteiger partial charge in [0.25, 0.3) is 5.91 Å². The van der Waals surface area contributed by atoms with Crippen molar-refractivity contribution in [1.29, 1.82) is 0 Å². The summed E-state index contributed by atoms with van der Waals surface area (Å²) in [4.78, 5) is 25.0. The molecule has 140 valence electrons. The molecule has 10 heteroatoms. The number of carbonyl (C=O) groups excluding carboxylic acids is 2. The molecular formula is C15H23N3O5S2. The van der Waals surface area contributed by atoms with Gasteiger partial charge >= 0.3 is 0 Å². The van der Waals surface area contributed by atoms with E-state index in [4.69, 9.17) is 4.74 Å². The number of rotatable bonds is 6. The average molecular weight is 389 g/mol. The quantitative estimate of drug-likeness (QED) is 0.714. The molecule has 1 aromatic heterocycles. The zero-order chi connectivity index (χ0) is 18.7. The first kappa shape index (κ1) is 19.8. The lowest BCUT2D eigenvalue weighted by atomic mass is 10.0. The molecule has 1 aliphatic rings. The highest BCUT2D eigenvalue weighted by Crippen LogP contribution is 2.12. The molecule has 2 N–H and O–H groups in total. The second kappa shape index (κ2) is 7.81. The van der Waals surface area contributed by atoms with Crippen LogP contribution in [0.4, 0.5) is 0 Å². The lowest BCUT2D eigenvalue weighted by Crippen LogP contribution is -2.57. The Balaban J connectivity index is 1.87. The Kier molecular flexibility index (Phi) is 6.20. The minimum Gasteiger partial charge on any atom is -0.374 e. The molecular weight excluding hydrogens is 366 g/mol. The summed E-state index contributed by atoms with van der Waals surface area (Å²) in [5.74, 6) is -0.676. The third-order valence-electron chi connectivity index (χ3n) is 3.80. The monoisotopic (exact) mass is 389 g/mol. The van der Waals surface area contributed by atoms with Gasteiger partial charge in [-0.25, -0.2) is 8.42 Å². The predicted molar refractivity (Wildman–Crippen MR) is 95.0 cm³/mol. The van der Waals surface area contributed by atoms with Crippen LogP contribution >= 0.6 is 11.3 Å². The molecule has 0 radical (unpaired) electrons. The molecule has 1 aliphatic heterocycles. The summed E-state index contributed by atoms with van der Waals surface area (Å²) >= 11 is 1.30. The van der Waals surface area contributed by atoms with E-state index >= 15 is 0 Å². The molecule has 1 atom stereocenters. The topological polar surface area (TPSA) is 105 Å². The van der Waals surface area contributed by atoms with Crippen LogP contribution in [0.5, 0.6) is 0 Å². The van der Waals surface area contributed by atoms with Crippen molar-refractivity contribution in [2.45, 2.75) is 25.5 Å². The zero-order valence-corrected chi connectivity index (χ0v) is 16.1. The Morgan fingerprint density at radius 1 is 1.44 bits per heavy atom. The van der Waals surface area contributed by atoms with Gasteiger partial charge in [-0.1, -0.05) is 6.07 Å². The van der Waals surface area contributed by atoms with Gasteiger partial charge in [0.05, 0.1) is 23.8 Å². The van der Waals surface area contributed by atoms with Crippen LogP contribution in [0.3, 0.4) is 0 Å². The summed E-state index contributed by atoms with van der Waals surface area (Å²) in [7, 11) is -3.28. The molecule has 2 amide bonds. The summed E-state index contributed by atoms with van der Waals surface area (Å²) in [6.07, 6.45) is 0.730. The number of ether oxygens (including phenoxy) is 1. The highest BCUT2D eigenvalue weighted by Gasteiger charge is 2.32. The molecule has 1 fully saturated rings. The maximum atomic E-state index is 12.4. The van der Waals surface area contributed by atoms with Gasteiger partial charge in [0, 0.05) is 19.6 Å². The molecule has 2 rings (SSSR count). The number of hydrogen-bond acceptors (Lipinski definition) is 6. The van der Waals surface area contributed by atoms with Crippen molar-refractivity contribution in [1.82, 2.24) is 14.9 Å². The van der Waals surface area contributed by atoms with Crippen molar-refractivity contribution < 1.29 is 22.7 Å².